The molecule has 1 amide bonds. The van der Waals surface area contributed by atoms with Gasteiger partial charge in [-0.2, -0.15) is 0 Å². The summed E-state index contributed by atoms with van der Waals surface area (Å²) in [5.41, 5.74) is 8.17. The molecule has 0 bridgehead atoms. The Morgan fingerprint density at radius 2 is 2.00 bits per heavy atom. The third kappa shape index (κ3) is 2.53. The van der Waals surface area contributed by atoms with Crippen LogP contribution < -0.4 is 10.6 Å². The van der Waals surface area contributed by atoms with Crippen molar-refractivity contribution in [1.82, 2.24) is 0 Å². The Morgan fingerprint density at radius 3 is 2.71 bits per heavy atom. The normalized spacial score (nSPS) is 24.7. The molecule has 3 N–H and O–H groups in total. The summed E-state index contributed by atoms with van der Waals surface area (Å²) < 4.78 is 0. The molecule has 5 nitrogen and oxygen atoms in total. The van der Waals surface area contributed by atoms with Gasteiger partial charge < -0.3 is 15.7 Å². The van der Waals surface area contributed by atoms with Crippen LogP contribution >= 0.6 is 0 Å². The van der Waals surface area contributed by atoms with Crippen LogP contribution in [0.4, 0.5) is 5.69 Å². The second-order valence-electron chi connectivity index (χ2n) is 5.94. The molecule has 0 saturated heterocycles. The molecule has 0 aromatic heterocycles. The van der Waals surface area contributed by atoms with Crippen molar-refractivity contribution in [2.45, 2.75) is 38.1 Å². The predicted molar refractivity (Wildman–Crippen MR) is 79.4 cm³/mol. The van der Waals surface area contributed by atoms with Crippen LogP contribution in [0.25, 0.3) is 0 Å². The average molecular weight is 288 g/mol. The highest BCUT2D eigenvalue weighted by Gasteiger charge is 2.34. The molecule has 1 aromatic rings. The molecule has 21 heavy (non-hydrogen) atoms. The molecule has 1 saturated carbocycles. The Kier molecular flexibility index (Phi) is 3.68. The first-order chi connectivity index (χ1) is 10.1. The third-order valence-electron chi connectivity index (χ3n) is 4.62. The van der Waals surface area contributed by atoms with Crippen LogP contribution in [0, 0.1) is 5.92 Å². The van der Waals surface area contributed by atoms with E-state index in [4.69, 9.17) is 10.8 Å². The number of hydrogen-bond acceptors (Lipinski definition) is 3. The third-order valence-corrected chi connectivity index (χ3v) is 4.62. The van der Waals surface area contributed by atoms with Gasteiger partial charge in [0.1, 0.15) is 0 Å². The Balaban J connectivity index is 1.83. The minimum absolute atomic E-state index is 0.0476. The van der Waals surface area contributed by atoms with Crippen LogP contribution in [-0.2, 0) is 11.2 Å². The fraction of sp³-hybridized carbons (Fsp3) is 0.500. The molecule has 3 rings (SSSR count). The van der Waals surface area contributed by atoms with Crippen molar-refractivity contribution in [2.75, 3.05) is 11.4 Å². The van der Waals surface area contributed by atoms with Gasteiger partial charge in [0.15, 0.2) is 0 Å². The number of fused-ring (bicyclic) bond motifs is 1. The molecule has 1 aliphatic heterocycles. The summed E-state index contributed by atoms with van der Waals surface area (Å²) >= 11 is 0. The van der Waals surface area contributed by atoms with Crippen LogP contribution in [0.15, 0.2) is 18.2 Å². The highest BCUT2D eigenvalue weighted by Crippen LogP contribution is 2.33. The molecule has 1 aliphatic carbocycles. The smallest absolute Gasteiger partial charge is 0.335 e. The Labute approximate surface area is 123 Å². The SMILES string of the molecule is NC1CCCCC1C(=O)N1CCc2cc(C(=O)O)ccc21. The molecule has 112 valence electrons. The number of amides is 1. The van der Waals surface area contributed by atoms with Gasteiger partial charge in [-0.05, 0) is 43.0 Å². The molecule has 1 heterocycles. The number of carbonyl (C=O) groups excluding carboxylic acids is 1. The van der Waals surface area contributed by atoms with Gasteiger partial charge in [-0.1, -0.05) is 12.8 Å². The van der Waals surface area contributed by atoms with Gasteiger partial charge in [0.05, 0.1) is 11.5 Å². The second kappa shape index (κ2) is 5.48. The minimum Gasteiger partial charge on any atom is -0.478 e. The maximum absolute atomic E-state index is 12.7. The Hall–Kier alpha value is -1.88. The lowest BCUT2D eigenvalue weighted by Crippen LogP contribution is -2.45. The summed E-state index contributed by atoms with van der Waals surface area (Å²) in [6.07, 6.45) is 4.64. The van der Waals surface area contributed by atoms with Gasteiger partial charge in [0.2, 0.25) is 5.91 Å². The maximum Gasteiger partial charge on any atom is 0.335 e. The summed E-state index contributed by atoms with van der Waals surface area (Å²) in [6.45, 7) is 0.625. The molecule has 0 radical (unpaired) electrons. The molecule has 0 spiro atoms. The van der Waals surface area contributed by atoms with Gasteiger partial charge in [0.25, 0.3) is 0 Å². The zero-order valence-corrected chi connectivity index (χ0v) is 11.9. The number of anilines is 1. The molecule has 2 aliphatic rings. The van der Waals surface area contributed by atoms with Gasteiger partial charge >= 0.3 is 5.97 Å². The number of hydrogen-bond donors (Lipinski definition) is 2. The topological polar surface area (TPSA) is 83.6 Å². The van der Waals surface area contributed by atoms with Crippen molar-refractivity contribution in [2.24, 2.45) is 11.7 Å². The van der Waals surface area contributed by atoms with Crippen LogP contribution in [0.3, 0.4) is 0 Å². The molecule has 5 heteroatoms. The van der Waals surface area contributed by atoms with E-state index in [-0.39, 0.29) is 23.4 Å². The first-order valence-electron chi connectivity index (χ1n) is 7.51. The van der Waals surface area contributed by atoms with E-state index < -0.39 is 5.97 Å². The number of carbonyl (C=O) groups is 2. The van der Waals surface area contributed by atoms with E-state index in [2.05, 4.69) is 0 Å². The van der Waals surface area contributed by atoms with Crippen molar-refractivity contribution in [3.05, 3.63) is 29.3 Å². The summed E-state index contributed by atoms with van der Waals surface area (Å²) in [4.78, 5) is 25.5. The van der Waals surface area contributed by atoms with Crippen molar-refractivity contribution in [3.8, 4) is 0 Å². The molecule has 2 atom stereocenters. The number of nitrogens with two attached hydrogens (primary N) is 1. The fourth-order valence-electron chi connectivity index (χ4n) is 3.43. The highest BCUT2D eigenvalue weighted by molar-refractivity contribution is 5.98. The van der Waals surface area contributed by atoms with Crippen LogP contribution in [0.1, 0.15) is 41.6 Å². The summed E-state index contributed by atoms with van der Waals surface area (Å²) in [7, 11) is 0. The molecular weight excluding hydrogens is 268 g/mol. The van der Waals surface area contributed by atoms with E-state index in [9.17, 15) is 9.59 Å². The van der Waals surface area contributed by atoms with Crippen LogP contribution in [0.2, 0.25) is 0 Å². The number of rotatable bonds is 2. The summed E-state index contributed by atoms with van der Waals surface area (Å²) in [5.74, 6) is -0.926. The van der Waals surface area contributed by atoms with E-state index >= 15 is 0 Å². The Bertz CT molecular complexity index is 585. The van der Waals surface area contributed by atoms with Crippen LogP contribution in [-0.4, -0.2) is 29.6 Å². The van der Waals surface area contributed by atoms with Crippen molar-refractivity contribution in [1.29, 1.82) is 0 Å². The van der Waals surface area contributed by atoms with Gasteiger partial charge in [-0.3, -0.25) is 4.79 Å². The van der Waals surface area contributed by atoms with Crippen molar-refractivity contribution >= 4 is 17.6 Å². The summed E-state index contributed by atoms with van der Waals surface area (Å²) in [5, 5.41) is 9.03. The van der Waals surface area contributed by atoms with E-state index in [1.54, 1.807) is 23.1 Å². The minimum atomic E-state index is -0.933. The maximum atomic E-state index is 12.7. The molecule has 2 unspecified atom stereocenters. The van der Waals surface area contributed by atoms with Gasteiger partial charge in [0, 0.05) is 18.3 Å². The number of aromatic carboxylic acids is 1. The van der Waals surface area contributed by atoms with Crippen molar-refractivity contribution in [3.63, 3.8) is 0 Å². The first kappa shape index (κ1) is 14.1. The van der Waals surface area contributed by atoms with E-state index in [0.717, 1.165) is 36.9 Å². The fourth-order valence-corrected chi connectivity index (χ4v) is 3.43. The lowest BCUT2D eigenvalue weighted by Gasteiger charge is -2.31. The van der Waals surface area contributed by atoms with E-state index in [1.807, 2.05) is 0 Å². The molecular formula is C16H20N2O3. The number of nitrogens with zero attached hydrogens (tertiary/aromatic N) is 1. The molecule has 1 fully saturated rings. The quantitative estimate of drug-likeness (QED) is 0.869. The highest BCUT2D eigenvalue weighted by atomic mass is 16.4. The van der Waals surface area contributed by atoms with E-state index in [0.29, 0.717) is 13.0 Å². The lowest BCUT2D eigenvalue weighted by molar-refractivity contribution is -0.123. The monoisotopic (exact) mass is 288 g/mol. The van der Waals surface area contributed by atoms with Gasteiger partial charge in [-0.25, -0.2) is 4.79 Å². The average Bonchev–Trinajstić information content (AvgIpc) is 2.90. The number of carboxylic acid groups (broad SMARTS) is 1. The second-order valence-corrected chi connectivity index (χ2v) is 5.94. The Morgan fingerprint density at radius 1 is 1.24 bits per heavy atom. The zero-order chi connectivity index (χ0) is 15.0. The van der Waals surface area contributed by atoms with Crippen molar-refractivity contribution < 1.29 is 14.7 Å². The standard InChI is InChI=1S/C16H20N2O3/c17-13-4-2-1-3-12(13)15(19)18-8-7-10-9-11(16(20)21)5-6-14(10)18/h5-6,9,12-13H,1-4,7-8,17H2,(H,20,21). The largest absolute Gasteiger partial charge is 0.478 e. The van der Waals surface area contributed by atoms with Gasteiger partial charge in [-0.15, -0.1) is 0 Å². The number of benzene rings is 1. The first-order valence-corrected chi connectivity index (χ1v) is 7.51. The summed E-state index contributed by atoms with van der Waals surface area (Å²) in [6, 6.07) is 4.94. The number of carboxylic acids is 1. The lowest BCUT2D eigenvalue weighted by atomic mass is 9.84. The zero-order valence-electron chi connectivity index (χ0n) is 11.9. The molecule has 1 aromatic carbocycles. The predicted octanol–water partition coefficient (Wildman–Crippen LogP) is 1.79. The van der Waals surface area contributed by atoms with Crippen LogP contribution in [0.5, 0.6) is 0 Å². The van der Waals surface area contributed by atoms with E-state index in [1.165, 1.54) is 0 Å².